The maximum Gasteiger partial charge on any atom is 0.322 e. The Kier molecular flexibility index (Phi) is 4.56. The Morgan fingerprint density at radius 3 is 2.64 bits per heavy atom. The Balaban J connectivity index is 1.79. The number of aromatic nitrogens is 2. The first kappa shape index (κ1) is 18.1. The van der Waals surface area contributed by atoms with E-state index in [-0.39, 0.29) is 6.03 Å². The second kappa shape index (κ2) is 7.05. The molecule has 0 spiro atoms. The van der Waals surface area contributed by atoms with Gasteiger partial charge in [0.05, 0.1) is 11.7 Å². The molecule has 1 aliphatic rings. The van der Waals surface area contributed by atoms with Gasteiger partial charge in [-0.1, -0.05) is 18.2 Å². The lowest BCUT2D eigenvalue weighted by molar-refractivity contribution is 0.214. The van der Waals surface area contributed by atoms with Crippen molar-refractivity contribution in [1.29, 1.82) is 0 Å². The molecule has 3 aromatic rings. The number of nitrogens with zero attached hydrogens (tertiary/aromatic N) is 3. The number of urea groups is 1. The molecule has 142 valence electrons. The average Bonchev–Trinajstić information content (AvgIpc) is 3.16. The van der Waals surface area contributed by atoms with Gasteiger partial charge >= 0.3 is 6.03 Å². The minimum atomic E-state index is -0.565. The van der Waals surface area contributed by atoms with Crippen LogP contribution < -0.4 is 11.1 Å². The van der Waals surface area contributed by atoms with Gasteiger partial charge < -0.3 is 16.0 Å². The lowest BCUT2D eigenvalue weighted by atomic mass is 9.96. The smallest absolute Gasteiger partial charge is 0.322 e. The number of nitrogen functional groups attached to an aromatic ring is 1. The van der Waals surface area contributed by atoms with Crippen LogP contribution in [-0.4, -0.2) is 27.9 Å². The second-order valence-electron chi connectivity index (χ2n) is 6.51. The second-order valence-corrected chi connectivity index (χ2v) is 7.37. The van der Waals surface area contributed by atoms with E-state index >= 15 is 0 Å². The molecule has 0 radical (unpaired) electrons. The molecule has 6 nitrogen and oxygen atoms in total. The van der Waals surface area contributed by atoms with Crippen LogP contribution in [-0.2, 0) is 0 Å². The number of hydrogen-bond donors (Lipinski definition) is 2. The summed E-state index contributed by atoms with van der Waals surface area (Å²) in [6.45, 7) is 1.88. The summed E-state index contributed by atoms with van der Waals surface area (Å²) in [6, 6.07) is 9.74. The van der Waals surface area contributed by atoms with Gasteiger partial charge in [0, 0.05) is 41.1 Å². The molecule has 28 heavy (non-hydrogen) atoms. The fourth-order valence-corrected chi connectivity index (χ4v) is 4.06. The van der Waals surface area contributed by atoms with Gasteiger partial charge in [0.15, 0.2) is 0 Å². The molecule has 0 fully saturated rings. The summed E-state index contributed by atoms with van der Waals surface area (Å²) in [5.74, 6) is -0.565. The molecule has 3 N–H and O–H groups in total. The summed E-state index contributed by atoms with van der Waals surface area (Å²) in [7, 11) is 1.71. The topological polar surface area (TPSA) is 84.1 Å². The van der Waals surface area contributed by atoms with Crippen molar-refractivity contribution in [2.24, 2.45) is 0 Å². The minimum absolute atomic E-state index is 0.231. The predicted octanol–water partition coefficient (Wildman–Crippen LogP) is 4.05. The Morgan fingerprint density at radius 1 is 1.21 bits per heavy atom. The van der Waals surface area contributed by atoms with Crippen LogP contribution in [0.4, 0.5) is 14.9 Å². The Bertz CT molecular complexity index is 1060. The molecule has 0 aliphatic carbocycles. The summed E-state index contributed by atoms with van der Waals surface area (Å²) in [6.07, 6.45) is 1.44. The number of halogens is 1. The number of carbonyl (C=O) groups is 1. The zero-order chi connectivity index (χ0) is 19.8. The fourth-order valence-electron chi connectivity index (χ4n) is 3.10. The summed E-state index contributed by atoms with van der Waals surface area (Å²) in [5.41, 5.74) is 10.6. The Morgan fingerprint density at radius 2 is 1.96 bits per heavy atom. The zero-order valence-corrected chi connectivity index (χ0v) is 16.1. The summed E-state index contributed by atoms with van der Waals surface area (Å²) in [5, 5.41) is 5.71. The van der Waals surface area contributed by atoms with E-state index in [9.17, 15) is 9.18 Å². The first-order chi connectivity index (χ1) is 13.4. The minimum Gasteiger partial charge on any atom is -0.399 e. The number of pyridine rings is 1. The number of rotatable bonds is 3. The van der Waals surface area contributed by atoms with Crippen molar-refractivity contribution in [2.45, 2.75) is 13.0 Å². The molecular weight excluding hydrogens is 377 g/mol. The van der Waals surface area contributed by atoms with Crippen LogP contribution in [0.15, 0.2) is 53.7 Å². The normalized spacial score (nSPS) is 17.0. The molecular formula is C20H18FN5OS. The van der Waals surface area contributed by atoms with Crippen LogP contribution >= 0.6 is 11.3 Å². The van der Waals surface area contributed by atoms with Crippen LogP contribution in [0, 0.1) is 5.95 Å². The molecule has 0 bridgehead atoms. The molecule has 1 aliphatic heterocycles. The van der Waals surface area contributed by atoms with Crippen molar-refractivity contribution in [3.8, 4) is 11.3 Å². The molecule has 0 saturated heterocycles. The summed E-state index contributed by atoms with van der Waals surface area (Å²) < 4.78 is 13.3. The molecule has 1 unspecified atom stereocenters. The lowest BCUT2D eigenvalue weighted by Gasteiger charge is -2.33. The van der Waals surface area contributed by atoms with Gasteiger partial charge in [0.1, 0.15) is 5.01 Å². The molecule has 2 amide bonds. The molecule has 3 heterocycles. The van der Waals surface area contributed by atoms with Gasteiger partial charge in [0.2, 0.25) is 5.95 Å². The lowest BCUT2D eigenvalue weighted by Crippen LogP contribution is -2.44. The number of anilines is 1. The van der Waals surface area contributed by atoms with Crippen LogP contribution in [0.5, 0.6) is 0 Å². The van der Waals surface area contributed by atoms with Gasteiger partial charge in [0.25, 0.3) is 0 Å². The van der Waals surface area contributed by atoms with Crippen LogP contribution in [0.25, 0.3) is 16.8 Å². The third-order valence-electron chi connectivity index (χ3n) is 4.78. The van der Waals surface area contributed by atoms with E-state index in [0.29, 0.717) is 11.3 Å². The number of nitrogens with one attached hydrogen (secondary N) is 1. The molecule has 1 aromatic carbocycles. The number of amides is 2. The number of benzene rings is 1. The molecule has 2 aromatic heterocycles. The molecule has 1 atom stereocenters. The van der Waals surface area contributed by atoms with E-state index < -0.39 is 12.0 Å². The van der Waals surface area contributed by atoms with E-state index in [2.05, 4.69) is 10.3 Å². The van der Waals surface area contributed by atoms with Gasteiger partial charge in [-0.15, -0.1) is 11.3 Å². The van der Waals surface area contributed by atoms with Crippen molar-refractivity contribution in [2.75, 3.05) is 12.8 Å². The maximum atomic E-state index is 13.3. The largest absolute Gasteiger partial charge is 0.399 e. The van der Waals surface area contributed by atoms with Crippen molar-refractivity contribution < 1.29 is 9.18 Å². The predicted molar refractivity (Wildman–Crippen MR) is 108 cm³/mol. The van der Waals surface area contributed by atoms with Crippen LogP contribution in [0.2, 0.25) is 0 Å². The third kappa shape index (κ3) is 3.22. The van der Waals surface area contributed by atoms with Gasteiger partial charge in [-0.2, -0.15) is 4.39 Å². The number of hydrogen-bond acceptors (Lipinski definition) is 5. The quantitative estimate of drug-likeness (QED) is 0.518. The monoisotopic (exact) mass is 395 g/mol. The van der Waals surface area contributed by atoms with Crippen molar-refractivity contribution >= 4 is 28.6 Å². The number of carbonyl (C=O) groups excluding carboxylic acids is 1. The van der Waals surface area contributed by atoms with Crippen LogP contribution in [0.3, 0.4) is 0 Å². The maximum absolute atomic E-state index is 13.3. The van der Waals surface area contributed by atoms with Crippen LogP contribution in [0.1, 0.15) is 23.5 Å². The fraction of sp³-hybridized carbons (Fsp3) is 0.150. The van der Waals surface area contributed by atoms with E-state index in [0.717, 1.165) is 27.5 Å². The molecule has 4 rings (SSSR count). The van der Waals surface area contributed by atoms with Crippen molar-refractivity contribution in [3.63, 3.8) is 0 Å². The molecule has 0 saturated carbocycles. The van der Waals surface area contributed by atoms with E-state index in [1.807, 2.05) is 36.6 Å². The first-order valence-electron chi connectivity index (χ1n) is 8.62. The number of thiazole rings is 1. The summed E-state index contributed by atoms with van der Waals surface area (Å²) in [4.78, 5) is 22.4. The Hall–Kier alpha value is -3.26. The first-order valence-corrected chi connectivity index (χ1v) is 9.50. The highest BCUT2D eigenvalue weighted by Crippen LogP contribution is 2.39. The van der Waals surface area contributed by atoms with Gasteiger partial charge in [-0.25, -0.2) is 14.8 Å². The van der Waals surface area contributed by atoms with Crippen molar-refractivity contribution in [1.82, 2.24) is 20.2 Å². The van der Waals surface area contributed by atoms with E-state index in [1.165, 1.54) is 23.6 Å². The SMILES string of the molecule is CC1=C(c2nc(-c3ccc(N)cc3)cs2)C(c2ccc(F)nc2)NC(=O)N1C. The highest BCUT2D eigenvalue weighted by atomic mass is 32.1. The van der Waals surface area contributed by atoms with E-state index in [1.54, 1.807) is 18.0 Å². The number of nitrogens with two attached hydrogens (primary N) is 1. The van der Waals surface area contributed by atoms with Gasteiger partial charge in [-0.05, 0) is 30.7 Å². The highest BCUT2D eigenvalue weighted by Gasteiger charge is 2.32. The van der Waals surface area contributed by atoms with Crippen molar-refractivity contribution in [3.05, 3.63) is 70.2 Å². The average molecular weight is 395 g/mol. The van der Waals surface area contributed by atoms with E-state index in [4.69, 9.17) is 10.7 Å². The number of allylic oxidation sites excluding steroid dienone is 1. The van der Waals surface area contributed by atoms with Gasteiger partial charge in [-0.3, -0.25) is 0 Å². The zero-order valence-electron chi connectivity index (χ0n) is 15.3. The third-order valence-corrected chi connectivity index (χ3v) is 5.65. The molecule has 8 heteroatoms. The Labute approximate surface area is 165 Å². The highest BCUT2D eigenvalue weighted by molar-refractivity contribution is 7.11. The standard InChI is InChI=1S/C20H18FN5OS/c1-11-17(19-24-15(10-28-19)12-3-6-14(22)7-4-12)18(25-20(27)26(11)2)13-5-8-16(21)23-9-13/h3-10,18H,22H2,1-2H3,(H,25,27). The summed E-state index contributed by atoms with van der Waals surface area (Å²) >= 11 is 1.49.